The Morgan fingerprint density at radius 3 is 2.44 bits per heavy atom. The van der Waals surface area contributed by atoms with Gasteiger partial charge >= 0.3 is 5.97 Å². The molecule has 0 saturated heterocycles. The van der Waals surface area contributed by atoms with Gasteiger partial charge in [0.1, 0.15) is 5.94 Å². The fourth-order valence-corrected chi connectivity index (χ4v) is 0.401. The molecule has 4 heteroatoms. The number of hydrogen-bond acceptors (Lipinski definition) is 4. The van der Waals surface area contributed by atoms with Crippen LogP contribution < -0.4 is 0 Å². The quantitative estimate of drug-likeness (QED) is 0.272. The number of esters is 1. The second-order valence-corrected chi connectivity index (χ2v) is 1.60. The van der Waals surface area contributed by atoms with Crippen molar-refractivity contribution >= 4 is 24.4 Å². The van der Waals surface area contributed by atoms with Gasteiger partial charge in [0.15, 0.2) is 0 Å². The predicted molar refractivity (Wildman–Crippen MR) is 35.2 cm³/mol. The van der Waals surface area contributed by atoms with Crippen LogP contribution >= 0.6 is 12.6 Å². The van der Waals surface area contributed by atoms with E-state index in [1.807, 2.05) is 0 Å². The molecule has 0 amide bonds. The van der Waals surface area contributed by atoms with Crippen LogP contribution in [0.15, 0.2) is 0 Å². The lowest BCUT2D eigenvalue weighted by molar-refractivity contribution is -0.152. The molecular weight excluding hydrogens is 140 g/mol. The smallest absolute Gasteiger partial charge is 0.375 e. The lowest BCUT2D eigenvalue weighted by atomic mass is 10.3. The van der Waals surface area contributed by atoms with Crippen molar-refractivity contribution in [3.05, 3.63) is 0 Å². The number of carbonyl (C=O) groups excluding carboxylic acids is 2. The Morgan fingerprint density at radius 1 is 1.56 bits per heavy atom. The van der Waals surface area contributed by atoms with Crippen molar-refractivity contribution in [3.63, 3.8) is 0 Å². The van der Waals surface area contributed by atoms with Gasteiger partial charge in [-0.1, -0.05) is 6.92 Å². The molecule has 0 fully saturated rings. The molecule has 0 bridgehead atoms. The van der Waals surface area contributed by atoms with Crippen molar-refractivity contribution in [2.45, 2.75) is 13.3 Å². The minimum atomic E-state index is -0.799. The SMILES string of the molecule is CCC(=O)C(=O)OCS. The Kier molecular flexibility index (Phi) is 4.13. The average Bonchev–Trinajstić information content (AvgIpc) is 1.87. The summed E-state index contributed by atoms with van der Waals surface area (Å²) in [6.07, 6.45) is 0.187. The Morgan fingerprint density at radius 2 is 2.11 bits per heavy atom. The Labute approximate surface area is 58.8 Å². The van der Waals surface area contributed by atoms with Gasteiger partial charge in [-0.25, -0.2) is 4.79 Å². The van der Waals surface area contributed by atoms with E-state index in [0.717, 1.165) is 0 Å². The van der Waals surface area contributed by atoms with E-state index in [1.165, 1.54) is 0 Å². The monoisotopic (exact) mass is 148 g/mol. The maximum Gasteiger partial charge on any atom is 0.375 e. The molecule has 0 atom stereocenters. The highest BCUT2D eigenvalue weighted by atomic mass is 32.1. The topological polar surface area (TPSA) is 43.4 Å². The number of rotatable bonds is 3. The molecule has 0 aromatic carbocycles. The molecule has 0 radical (unpaired) electrons. The van der Waals surface area contributed by atoms with Crippen LogP contribution in [-0.2, 0) is 14.3 Å². The van der Waals surface area contributed by atoms with Crippen LogP contribution in [-0.4, -0.2) is 17.7 Å². The minimum Gasteiger partial charge on any atom is -0.449 e. The van der Waals surface area contributed by atoms with E-state index in [-0.39, 0.29) is 12.4 Å². The average molecular weight is 148 g/mol. The Bertz CT molecular complexity index is 121. The zero-order valence-electron chi connectivity index (χ0n) is 5.09. The number of hydrogen-bond donors (Lipinski definition) is 1. The van der Waals surface area contributed by atoms with Gasteiger partial charge in [-0.15, -0.1) is 12.6 Å². The first-order valence-corrected chi connectivity index (χ1v) is 3.16. The zero-order valence-corrected chi connectivity index (χ0v) is 5.98. The fraction of sp³-hybridized carbons (Fsp3) is 0.600. The second-order valence-electron chi connectivity index (χ2n) is 1.34. The Balaban J connectivity index is 3.60. The molecule has 0 N–H and O–H groups in total. The van der Waals surface area contributed by atoms with E-state index in [9.17, 15) is 9.59 Å². The third-order valence-electron chi connectivity index (χ3n) is 0.744. The molecule has 0 saturated carbocycles. The lowest BCUT2D eigenvalue weighted by Crippen LogP contribution is -2.15. The van der Waals surface area contributed by atoms with E-state index < -0.39 is 11.8 Å². The molecule has 9 heavy (non-hydrogen) atoms. The molecule has 0 rings (SSSR count). The Hall–Kier alpha value is -0.510. The number of Topliss-reactive ketones (excluding diaryl/α,β-unsaturated/α-hetero) is 1. The van der Waals surface area contributed by atoms with E-state index in [2.05, 4.69) is 17.4 Å². The summed E-state index contributed by atoms with van der Waals surface area (Å²) in [4.78, 5) is 20.7. The maximum absolute atomic E-state index is 10.4. The maximum atomic E-state index is 10.4. The molecule has 52 valence electrons. The van der Waals surface area contributed by atoms with Gasteiger partial charge in [-0.2, -0.15) is 0 Å². The summed E-state index contributed by atoms with van der Waals surface area (Å²) in [5, 5.41) is 0. The third kappa shape index (κ3) is 3.13. The number of carbonyl (C=O) groups is 2. The summed E-state index contributed by atoms with van der Waals surface area (Å²) in [5.41, 5.74) is 0. The summed E-state index contributed by atoms with van der Waals surface area (Å²) in [6.45, 7) is 1.60. The third-order valence-corrected chi connectivity index (χ3v) is 0.874. The largest absolute Gasteiger partial charge is 0.449 e. The van der Waals surface area contributed by atoms with Crippen LogP contribution in [0.4, 0.5) is 0 Å². The number of thiol groups is 1. The first-order valence-electron chi connectivity index (χ1n) is 2.53. The first-order chi connectivity index (χ1) is 4.22. The van der Waals surface area contributed by atoms with E-state index in [0.29, 0.717) is 0 Å². The van der Waals surface area contributed by atoms with Gasteiger partial charge in [0, 0.05) is 6.42 Å². The van der Waals surface area contributed by atoms with Crippen LogP contribution in [0.2, 0.25) is 0 Å². The van der Waals surface area contributed by atoms with Gasteiger partial charge in [0.2, 0.25) is 5.78 Å². The normalized spacial score (nSPS) is 8.67. The molecular formula is C5H8O3S. The van der Waals surface area contributed by atoms with Crippen LogP contribution in [0.5, 0.6) is 0 Å². The van der Waals surface area contributed by atoms with Crippen LogP contribution in [0.1, 0.15) is 13.3 Å². The number of ether oxygens (including phenoxy) is 1. The molecule has 0 spiro atoms. The van der Waals surface area contributed by atoms with Crippen molar-refractivity contribution in [1.82, 2.24) is 0 Å². The predicted octanol–water partition coefficient (Wildman–Crippen LogP) is 0.396. The van der Waals surface area contributed by atoms with Gasteiger partial charge in [-0.05, 0) is 0 Å². The highest BCUT2D eigenvalue weighted by molar-refractivity contribution is 7.80. The van der Waals surface area contributed by atoms with Crippen LogP contribution in [0.25, 0.3) is 0 Å². The van der Waals surface area contributed by atoms with Crippen LogP contribution in [0, 0.1) is 0 Å². The van der Waals surface area contributed by atoms with Crippen LogP contribution in [0.3, 0.4) is 0 Å². The van der Waals surface area contributed by atoms with Gasteiger partial charge in [-0.3, -0.25) is 4.79 Å². The molecule has 0 heterocycles. The molecule has 0 aliphatic heterocycles. The summed E-state index contributed by atoms with van der Waals surface area (Å²) < 4.78 is 4.27. The summed E-state index contributed by atoms with van der Waals surface area (Å²) in [5.74, 6) is -1.35. The highest BCUT2D eigenvalue weighted by Gasteiger charge is 2.10. The molecule has 0 unspecified atom stereocenters. The number of ketones is 1. The minimum absolute atomic E-state index is 0.0371. The lowest BCUT2D eigenvalue weighted by Gasteiger charge is -1.95. The second kappa shape index (κ2) is 4.38. The fourth-order valence-electron chi connectivity index (χ4n) is 0.283. The molecule has 0 aliphatic rings. The van der Waals surface area contributed by atoms with Crippen molar-refractivity contribution in [1.29, 1.82) is 0 Å². The van der Waals surface area contributed by atoms with Crippen molar-refractivity contribution < 1.29 is 14.3 Å². The molecule has 0 aromatic rings. The zero-order chi connectivity index (χ0) is 7.28. The highest BCUT2D eigenvalue weighted by Crippen LogP contribution is 1.86. The first kappa shape index (κ1) is 8.49. The molecule has 3 nitrogen and oxygen atoms in total. The van der Waals surface area contributed by atoms with Crippen molar-refractivity contribution in [2.75, 3.05) is 5.94 Å². The molecule has 0 aromatic heterocycles. The molecule has 0 aliphatic carbocycles. The van der Waals surface area contributed by atoms with Gasteiger partial charge < -0.3 is 4.74 Å². The van der Waals surface area contributed by atoms with E-state index in [1.54, 1.807) is 6.92 Å². The van der Waals surface area contributed by atoms with Crippen molar-refractivity contribution in [2.24, 2.45) is 0 Å². The summed E-state index contributed by atoms with van der Waals surface area (Å²) in [7, 11) is 0. The standard InChI is InChI=1S/C5H8O3S/c1-2-4(6)5(7)8-3-9/h9H,2-3H2,1H3. The van der Waals surface area contributed by atoms with E-state index in [4.69, 9.17) is 0 Å². The van der Waals surface area contributed by atoms with Gasteiger partial charge in [0.05, 0.1) is 0 Å². The van der Waals surface area contributed by atoms with Gasteiger partial charge in [0.25, 0.3) is 0 Å². The summed E-state index contributed by atoms with van der Waals surface area (Å²) in [6, 6.07) is 0. The van der Waals surface area contributed by atoms with Crippen molar-refractivity contribution in [3.8, 4) is 0 Å². The summed E-state index contributed by atoms with van der Waals surface area (Å²) >= 11 is 3.60. The van der Waals surface area contributed by atoms with E-state index >= 15 is 0 Å².